The second-order valence-electron chi connectivity index (χ2n) is 8.83. The zero-order valence-electron chi connectivity index (χ0n) is 18.0. The molecule has 28 heavy (non-hydrogen) atoms. The number of rotatable bonds is 9. The summed E-state index contributed by atoms with van der Waals surface area (Å²) in [5.74, 6) is -0.495. The minimum Gasteiger partial charge on any atom is -0.423 e. The van der Waals surface area contributed by atoms with Crippen LogP contribution < -0.4 is 14.8 Å². The number of nitrogens with one attached hydrogen (secondary N) is 1. The maximum atomic E-state index is 12.5. The SMILES string of the molecule is CC(C)CC(=O)Oc1ccc(C(=O)CNC(C)(C)C)cc1OC(=O)CC(C)C. The maximum Gasteiger partial charge on any atom is 0.311 e. The van der Waals surface area contributed by atoms with Crippen LogP contribution in [0.1, 0.15) is 71.7 Å². The molecule has 6 heteroatoms. The zero-order valence-corrected chi connectivity index (χ0v) is 18.0. The van der Waals surface area contributed by atoms with Gasteiger partial charge in [-0.25, -0.2) is 0 Å². The highest BCUT2D eigenvalue weighted by molar-refractivity contribution is 5.98. The van der Waals surface area contributed by atoms with E-state index in [2.05, 4.69) is 5.32 Å². The molecule has 0 bridgehead atoms. The fourth-order valence-corrected chi connectivity index (χ4v) is 2.29. The minimum absolute atomic E-state index is 0.0874. The van der Waals surface area contributed by atoms with E-state index in [1.54, 1.807) is 6.07 Å². The highest BCUT2D eigenvalue weighted by atomic mass is 16.6. The molecule has 1 aromatic carbocycles. The molecular formula is C22H33NO5. The smallest absolute Gasteiger partial charge is 0.311 e. The number of hydrogen-bond acceptors (Lipinski definition) is 6. The molecular weight excluding hydrogens is 358 g/mol. The van der Waals surface area contributed by atoms with Crippen molar-refractivity contribution in [2.75, 3.05) is 6.54 Å². The van der Waals surface area contributed by atoms with Crippen molar-refractivity contribution in [2.24, 2.45) is 11.8 Å². The van der Waals surface area contributed by atoms with E-state index in [1.165, 1.54) is 12.1 Å². The van der Waals surface area contributed by atoms with Crippen LogP contribution in [0.15, 0.2) is 18.2 Å². The van der Waals surface area contributed by atoms with Gasteiger partial charge in [0.05, 0.1) is 6.54 Å². The van der Waals surface area contributed by atoms with E-state index in [-0.39, 0.29) is 54.0 Å². The molecule has 1 rings (SSSR count). The van der Waals surface area contributed by atoms with E-state index in [0.29, 0.717) is 5.56 Å². The Balaban J connectivity index is 3.06. The van der Waals surface area contributed by atoms with Gasteiger partial charge in [0.2, 0.25) is 0 Å². The Morgan fingerprint density at radius 2 is 1.39 bits per heavy atom. The summed E-state index contributed by atoms with van der Waals surface area (Å²) in [4.78, 5) is 36.6. The molecule has 1 N–H and O–H groups in total. The van der Waals surface area contributed by atoms with Gasteiger partial charge in [-0.3, -0.25) is 14.4 Å². The van der Waals surface area contributed by atoms with E-state index in [1.807, 2.05) is 48.5 Å². The van der Waals surface area contributed by atoms with E-state index < -0.39 is 11.9 Å². The second kappa shape index (κ2) is 10.4. The van der Waals surface area contributed by atoms with Crippen LogP contribution in [-0.2, 0) is 9.59 Å². The van der Waals surface area contributed by atoms with E-state index in [9.17, 15) is 14.4 Å². The topological polar surface area (TPSA) is 81.7 Å². The molecule has 0 fully saturated rings. The number of ketones is 1. The number of carbonyl (C=O) groups excluding carboxylic acids is 3. The monoisotopic (exact) mass is 391 g/mol. The van der Waals surface area contributed by atoms with Gasteiger partial charge in [0.15, 0.2) is 17.3 Å². The summed E-state index contributed by atoms with van der Waals surface area (Å²) in [6, 6.07) is 4.54. The highest BCUT2D eigenvalue weighted by Gasteiger charge is 2.19. The molecule has 0 saturated heterocycles. The first kappa shape index (κ1) is 23.8. The molecule has 6 nitrogen and oxygen atoms in total. The van der Waals surface area contributed by atoms with E-state index in [4.69, 9.17) is 9.47 Å². The molecule has 156 valence electrons. The molecule has 0 aliphatic heterocycles. The van der Waals surface area contributed by atoms with E-state index in [0.717, 1.165) is 0 Å². The Bertz CT molecular complexity index is 701. The van der Waals surface area contributed by atoms with Crippen molar-refractivity contribution in [1.29, 1.82) is 0 Å². The van der Waals surface area contributed by atoms with Crippen LogP contribution in [0.25, 0.3) is 0 Å². The summed E-state index contributed by atoms with van der Waals surface area (Å²) in [5.41, 5.74) is 0.182. The molecule has 0 aliphatic carbocycles. The lowest BCUT2D eigenvalue weighted by atomic mass is 10.1. The Labute approximate surface area is 168 Å². The van der Waals surface area contributed by atoms with Crippen LogP contribution in [0.4, 0.5) is 0 Å². The summed E-state index contributed by atoms with van der Waals surface area (Å²) >= 11 is 0. The molecule has 0 spiro atoms. The predicted molar refractivity (Wildman–Crippen MR) is 109 cm³/mol. The van der Waals surface area contributed by atoms with Crippen LogP contribution in [0.2, 0.25) is 0 Å². The third kappa shape index (κ3) is 9.13. The minimum atomic E-state index is -0.437. The second-order valence-corrected chi connectivity index (χ2v) is 8.83. The maximum absolute atomic E-state index is 12.5. The van der Waals surface area contributed by atoms with Gasteiger partial charge in [-0.2, -0.15) is 0 Å². The average Bonchev–Trinajstić information content (AvgIpc) is 2.51. The number of Topliss-reactive ketones (excluding diaryl/α,β-unsaturated/α-hetero) is 1. The van der Waals surface area contributed by atoms with Crippen LogP contribution in [-0.4, -0.2) is 29.8 Å². The van der Waals surface area contributed by atoms with Crippen LogP contribution >= 0.6 is 0 Å². The standard InChI is InChI=1S/C22H33NO5/c1-14(2)10-20(25)27-18-9-8-16(17(24)13-23-22(5,6)7)12-19(18)28-21(26)11-15(3)4/h8-9,12,14-15,23H,10-11,13H2,1-7H3. The number of hydrogen-bond donors (Lipinski definition) is 1. The average molecular weight is 392 g/mol. The molecule has 0 radical (unpaired) electrons. The van der Waals surface area contributed by atoms with Gasteiger partial charge in [0, 0.05) is 23.9 Å². The number of carbonyl (C=O) groups is 3. The van der Waals surface area contributed by atoms with Gasteiger partial charge in [0.25, 0.3) is 0 Å². The lowest BCUT2D eigenvalue weighted by molar-refractivity contribution is -0.138. The first-order valence-electron chi connectivity index (χ1n) is 9.71. The third-order valence-corrected chi connectivity index (χ3v) is 3.64. The largest absolute Gasteiger partial charge is 0.423 e. The molecule has 0 unspecified atom stereocenters. The van der Waals surface area contributed by atoms with Gasteiger partial charge in [-0.1, -0.05) is 27.7 Å². The highest BCUT2D eigenvalue weighted by Crippen LogP contribution is 2.30. The number of ether oxygens (including phenoxy) is 2. The summed E-state index contributed by atoms with van der Waals surface area (Å²) in [6.45, 7) is 13.7. The first-order chi connectivity index (χ1) is 12.9. The number of benzene rings is 1. The number of esters is 2. The lowest BCUT2D eigenvalue weighted by Crippen LogP contribution is -2.39. The van der Waals surface area contributed by atoms with Crippen molar-refractivity contribution < 1.29 is 23.9 Å². The Hall–Kier alpha value is -2.21. The molecule has 0 heterocycles. The van der Waals surface area contributed by atoms with E-state index >= 15 is 0 Å². The van der Waals surface area contributed by atoms with Gasteiger partial charge in [-0.05, 0) is 50.8 Å². The van der Waals surface area contributed by atoms with Gasteiger partial charge < -0.3 is 14.8 Å². The summed E-state index contributed by atoms with van der Waals surface area (Å²) in [7, 11) is 0. The molecule has 1 aromatic rings. The van der Waals surface area contributed by atoms with Crippen molar-refractivity contribution in [2.45, 2.75) is 66.8 Å². The van der Waals surface area contributed by atoms with Crippen LogP contribution in [0, 0.1) is 11.8 Å². The Kier molecular flexibility index (Phi) is 8.82. The third-order valence-electron chi connectivity index (χ3n) is 3.64. The lowest BCUT2D eigenvalue weighted by Gasteiger charge is -2.20. The summed E-state index contributed by atoms with van der Waals surface area (Å²) in [5, 5.41) is 3.13. The van der Waals surface area contributed by atoms with Crippen molar-refractivity contribution in [1.82, 2.24) is 5.32 Å². The van der Waals surface area contributed by atoms with Gasteiger partial charge in [0.1, 0.15) is 0 Å². The normalized spacial score (nSPS) is 11.6. The van der Waals surface area contributed by atoms with Gasteiger partial charge >= 0.3 is 11.9 Å². The molecule has 0 saturated carbocycles. The quantitative estimate of drug-likeness (QED) is 0.387. The Morgan fingerprint density at radius 1 is 0.893 bits per heavy atom. The molecule has 0 aromatic heterocycles. The van der Waals surface area contributed by atoms with Crippen LogP contribution in [0.3, 0.4) is 0 Å². The fraction of sp³-hybridized carbons (Fsp3) is 0.591. The summed E-state index contributed by atoms with van der Waals surface area (Å²) in [6.07, 6.45) is 0.471. The molecule has 0 aliphatic rings. The summed E-state index contributed by atoms with van der Waals surface area (Å²) < 4.78 is 10.8. The molecule has 0 atom stereocenters. The van der Waals surface area contributed by atoms with Crippen molar-refractivity contribution in [3.8, 4) is 11.5 Å². The zero-order chi connectivity index (χ0) is 21.5. The van der Waals surface area contributed by atoms with Crippen molar-refractivity contribution in [3.05, 3.63) is 23.8 Å². The van der Waals surface area contributed by atoms with Crippen molar-refractivity contribution in [3.63, 3.8) is 0 Å². The van der Waals surface area contributed by atoms with Gasteiger partial charge in [-0.15, -0.1) is 0 Å². The van der Waals surface area contributed by atoms with Crippen molar-refractivity contribution >= 4 is 17.7 Å². The first-order valence-corrected chi connectivity index (χ1v) is 9.71. The van der Waals surface area contributed by atoms with Crippen LogP contribution in [0.5, 0.6) is 11.5 Å². The predicted octanol–water partition coefficient (Wildman–Crippen LogP) is 4.16. The molecule has 0 amide bonds. The Morgan fingerprint density at radius 3 is 1.86 bits per heavy atom. The fourth-order valence-electron chi connectivity index (χ4n) is 2.29.